The number of halogens is 2. The molecule has 0 radical (unpaired) electrons. The molecule has 1 atom stereocenters. The van der Waals surface area contributed by atoms with Crippen molar-refractivity contribution in [2.45, 2.75) is 18.9 Å². The second-order valence-electron chi connectivity index (χ2n) is 4.59. The number of benzene rings is 1. The molecule has 1 amide bonds. The van der Waals surface area contributed by atoms with E-state index in [1.54, 1.807) is 12.1 Å². The summed E-state index contributed by atoms with van der Waals surface area (Å²) in [5.74, 6) is 0.0134. The normalized spacial score (nSPS) is 21.9. The standard InChI is InChI=1S/C12H13Br2NO3S/c13-9-4-8(5-10(14)6-9)12(16)15-11-2-1-3-19(17,18)7-11/h4-6,11H,1-3,7H2,(H,15,16). The second-order valence-corrected chi connectivity index (χ2v) is 8.65. The van der Waals surface area contributed by atoms with E-state index in [9.17, 15) is 13.2 Å². The van der Waals surface area contributed by atoms with E-state index in [0.29, 0.717) is 18.4 Å². The number of sulfone groups is 1. The molecule has 1 aliphatic rings. The molecule has 4 nitrogen and oxygen atoms in total. The molecule has 1 heterocycles. The van der Waals surface area contributed by atoms with Gasteiger partial charge in [0.25, 0.3) is 5.91 Å². The molecule has 0 aromatic heterocycles. The van der Waals surface area contributed by atoms with Gasteiger partial charge in [-0.15, -0.1) is 0 Å². The van der Waals surface area contributed by atoms with Gasteiger partial charge in [-0.05, 0) is 31.0 Å². The molecule has 1 N–H and O–H groups in total. The largest absolute Gasteiger partial charge is 0.348 e. The van der Waals surface area contributed by atoms with E-state index < -0.39 is 9.84 Å². The molecule has 0 bridgehead atoms. The van der Waals surface area contributed by atoms with Crippen LogP contribution in [-0.2, 0) is 9.84 Å². The van der Waals surface area contributed by atoms with Gasteiger partial charge in [-0.1, -0.05) is 31.9 Å². The molecule has 1 aliphatic heterocycles. The van der Waals surface area contributed by atoms with Crippen LogP contribution in [0.1, 0.15) is 23.2 Å². The molecule has 1 fully saturated rings. The fraction of sp³-hybridized carbons (Fsp3) is 0.417. The van der Waals surface area contributed by atoms with E-state index >= 15 is 0 Å². The highest BCUT2D eigenvalue weighted by molar-refractivity contribution is 9.11. The van der Waals surface area contributed by atoms with Crippen molar-refractivity contribution in [3.05, 3.63) is 32.7 Å². The molecule has 0 aliphatic carbocycles. The third kappa shape index (κ3) is 4.29. The van der Waals surface area contributed by atoms with Crippen molar-refractivity contribution in [1.82, 2.24) is 5.32 Å². The maximum atomic E-state index is 12.1. The number of rotatable bonds is 2. The van der Waals surface area contributed by atoms with Crippen LogP contribution in [0.4, 0.5) is 0 Å². The minimum Gasteiger partial charge on any atom is -0.348 e. The van der Waals surface area contributed by atoms with Crippen LogP contribution in [0.2, 0.25) is 0 Å². The van der Waals surface area contributed by atoms with Gasteiger partial charge in [-0.25, -0.2) is 8.42 Å². The second kappa shape index (κ2) is 5.93. The van der Waals surface area contributed by atoms with Crippen LogP contribution in [0.15, 0.2) is 27.1 Å². The van der Waals surface area contributed by atoms with Crippen molar-refractivity contribution in [3.8, 4) is 0 Å². The van der Waals surface area contributed by atoms with E-state index in [-0.39, 0.29) is 23.5 Å². The van der Waals surface area contributed by atoms with Gasteiger partial charge in [0.15, 0.2) is 9.84 Å². The van der Waals surface area contributed by atoms with Gasteiger partial charge in [0.05, 0.1) is 11.5 Å². The Balaban J connectivity index is 2.08. The zero-order chi connectivity index (χ0) is 14.0. The van der Waals surface area contributed by atoms with Crippen molar-refractivity contribution in [3.63, 3.8) is 0 Å². The Kier molecular flexibility index (Phi) is 4.68. The summed E-state index contributed by atoms with van der Waals surface area (Å²) in [6.07, 6.45) is 1.32. The molecule has 0 saturated carbocycles. The molecule has 1 aromatic rings. The maximum Gasteiger partial charge on any atom is 0.251 e. The van der Waals surface area contributed by atoms with Crippen molar-refractivity contribution in [2.24, 2.45) is 0 Å². The predicted molar refractivity (Wildman–Crippen MR) is 81.0 cm³/mol. The van der Waals surface area contributed by atoms with Gasteiger partial charge in [-0.2, -0.15) is 0 Å². The Morgan fingerprint density at radius 2 is 1.84 bits per heavy atom. The zero-order valence-electron chi connectivity index (χ0n) is 10.0. The molecular formula is C12H13Br2NO3S. The Hall–Kier alpha value is -0.400. The summed E-state index contributed by atoms with van der Waals surface area (Å²) in [4.78, 5) is 12.1. The first-order valence-electron chi connectivity index (χ1n) is 5.83. The van der Waals surface area contributed by atoms with Gasteiger partial charge >= 0.3 is 0 Å². The number of carbonyl (C=O) groups excluding carboxylic acids is 1. The van der Waals surface area contributed by atoms with Crippen LogP contribution in [-0.4, -0.2) is 31.9 Å². The van der Waals surface area contributed by atoms with Crippen molar-refractivity contribution in [1.29, 1.82) is 0 Å². The Morgan fingerprint density at radius 1 is 1.21 bits per heavy atom. The summed E-state index contributed by atoms with van der Waals surface area (Å²) in [7, 11) is -3.01. The molecule has 1 saturated heterocycles. The van der Waals surface area contributed by atoms with E-state index in [1.165, 1.54) is 0 Å². The molecule has 104 valence electrons. The maximum absolute atomic E-state index is 12.1. The van der Waals surface area contributed by atoms with Crippen LogP contribution >= 0.6 is 31.9 Å². The molecule has 19 heavy (non-hydrogen) atoms. The van der Waals surface area contributed by atoms with Crippen LogP contribution < -0.4 is 5.32 Å². The predicted octanol–water partition coefficient (Wildman–Crippen LogP) is 2.52. The van der Waals surface area contributed by atoms with Crippen molar-refractivity contribution < 1.29 is 13.2 Å². The van der Waals surface area contributed by atoms with Crippen LogP contribution in [0.25, 0.3) is 0 Å². The van der Waals surface area contributed by atoms with E-state index in [1.807, 2.05) is 6.07 Å². The Morgan fingerprint density at radius 3 is 2.42 bits per heavy atom. The summed E-state index contributed by atoms with van der Waals surface area (Å²) in [6, 6.07) is 4.96. The van der Waals surface area contributed by atoms with E-state index in [4.69, 9.17) is 0 Å². The Bertz CT molecular complexity index is 581. The van der Waals surface area contributed by atoms with Gasteiger partial charge in [0, 0.05) is 20.6 Å². The summed E-state index contributed by atoms with van der Waals surface area (Å²) in [6.45, 7) is 0. The average molecular weight is 411 g/mol. The molecular weight excluding hydrogens is 398 g/mol. The third-order valence-electron chi connectivity index (χ3n) is 2.92. The first-order chi connectivity index (χ1) is 8.85. The number of amides is 1. The van der Waals surface area contributed by atoms with Gasteiger partial charge < -0.3 is 5.32 Å². The molecule has 2 rings (SSSR count). The minimum atomic E-state index is -3.01. The number of hydrogen-bond donors (Lipinski definition) is 1. The SMILES string of the molecule is O=C(NC1CCCS(=O)(=O)C1)c1cc(Br)cc(Br)c1. The smallest absolute Gasteiger partial charge is 0.251 e. The van der Waals surface area contributed by atoms with Gasteiger partial charge in [-0.3, -0.25) is 4.79 Å². The molecule has 1 aromatic carbocycles. The Labute approximate surface area is 129 Å². The lowest BCUT2D eigenvalue weighted by Gasteiger charge is -2.23. The highest BCUT2D eigenvalue weighted by atomic mass is 79.9. The first kappa shape index (κ1) is 15.0. The van der Waals surface area contributed by atoms with Crippen LogP contribution in [0.3, 0.4) is 0 Å². The number of nitrogens with one attached hydrogen (secondary N) is 1. The van der Waals surface area contributed by atoms with Crippen LogP contribution in [0, 0.1) is 0 Å². The fourth-order valence-corrected chi connectivity index (χ4v) is 5.02. The van der Waals surface area contributed by atoms with Crippen LogP contribution in [0.5, 0.6) is 0 Å². The van der Waals surface area contributed by atoms with E-state index in [2.05, 4.69) is 37.2 Å². The molecule has 0 spiro atoms. The average Bonchev–Trinajstić information content (AvgIpc) is 2.26. The molecule has 1 unspecified atom stereocenters. The van der Waals surface area contributed by atoms with Crippen molar-refractivity contribution >= 4 is 47.6 Å². The quantitative estimate of drug-likeness (QED) is 0.814. The lowest BCUT2D eigenvalue weighted by atomic mass is 10.1. The number of carbonyl (C=O) groups is 1. The van der Waals surface area contributed by atoms with Gasteiger partial charge in [0.2, 0.25) is 0 Å². The van der Waals surface area contributed by atoms with Crippen molar-refractivity contribution in [2.75, 3.05) is 11.5 Å². The monoisotopic (exact) mass is 409 g/mol. The van der Waals surface area contributed by atoms with Gasteiger partial charge in [0.1, 0.15) is 0 Å². The van der Waals surface area contributed by atoms with E-state index in [0.717, 1.165) is 8.95 Å². The summed E-state index contributed by atoms with van der Waals surface area (Å²) in [5, 5.41) is 2.79. The summed E-state index contributed by atoms with van der Waals surface area (Å²) < 4.78 is 24.6. The molecule has 7 heteroatoms. The lowest BCUT2D eigenvalue weighted by molar-refractivity contribution is 0.0938. The minimum absolute atomic E-state index is 0.0356. The lowest BCUT2D eigenvalue weighted by Crippen LogP contribution is -2.43. The topological polar surface area (TPSA) is 63.2 Å². The summed E-state index contributed by atoms with van der Waals surface area (Å²) >= 11 is 6.64. The first-order valence-corrected chi connectivity index (χ1v) is 9.24. The highest BCUT2D eigenvalue weighted by Crippen LogP contribution is 2.20. The zero-order valence-corrected chi connectivity index (χ0v) is 14.0. The highest BCUT2D eigenvalue weighted by Gasteiger charge is 2.26. The number of hydrogen-bond acceptors (Lipinski definition) is 3. The summed E-state index contributed by atoms with van der Waals surface area (Å²) in [5.41, 5.74) is 0.504. The third-order valence-corrected chi connectivity index (χ3v) is 5.66. The fourth-order valence-electron chi connectivity index (χ4n) is 2.09.